The Morgan fingerprint density at radius 1 is 0.571 bits per heavy atom. The first-order valence-electron chi connectivity index (χ1n) is 15.4. The lowest BCUT2D eigenvalue weighted by atomic mass is 10.1. The molecule has 0 bridgehead atoms. The molecule has 0 saturated heterocycles. The molecule has 2 unspecified atom stereocenters. The van der Waals surface area contributed by atoms with Gasteiger partial charge >= 0.3 is 0 Å². The maximum absolute atomic E-state index is 12.7. The van der Waals surface area contributed by atoms with E-state index in [4.69, 9.17) is 4.42 Å². The van der Waals surface area contributed by atoms with Crippen LogP contribution in [0, 0.1) is 0 Å². The zero-order valence-electron chi connectivity index (χ0n) is 26.7. The van der Waals surface area contributed by atoms with Crippen molar-refractivity contribution in [3.63, 3.8) is 0 Å². The van der Waals surface area contributed by atoms with Crippen LogP contribution in [-0.2, 0) is 19.2 Å². The number of benzene rings is 4. The Bertz CT molecular complexity index is 1760. The zero-order chi connectivity index (χ0) is 34.9. The van der Waals surface area contributed by atoms with Crippen molar-refractivity contribution >= 4 is 35.0 Å². The summed E-state index contributed by atoms with van der Waals surface area (Å²) in [7, 11) is 0. The maximum atomic E-state index is 12.7. The van der Waals surface area contributed by atoms with E-state index in [1.807, 2.05) is 0 Å². The van der Waals surface area contributed by atoms with Gasteiger partial charge in [0, 0.05) is 22.5 Å². The topological polar surface area (TPSA) is 183 Å². The van der Waals surface area contributed by atoms with E-state index in [1.54, 1.807) is 115 Å². The van der Waals surface area contributed by atoms with Crippen LogP contribution < -0.4 is 21.3 Å². The Morgan fingerprint density at radius 2 is 0.980 bits per heavy atom. The van der Waals surface area contributed by atoms with E-state index < -0.39 is 47.9 Å². The Labute approximate surface area is 282 Å². The van der Waals surface area contributed by atoms with E-state index in [0.29, 0.717) is 45.3 Å². The lowest BCUT2D eigenvalue weighted by Gasteiger charge is -2.17. The molecule has 5 rings (SSSR count). The highest BCUT2D eigenvalue weighted by molar-refractivity contribution is 5.98. The summed E-state index contributed by atoms with van der Waals surface area (Å²) >= 11 is 0. The van der Waals surface area contributed by atoms with Crippen LogP contribution in [0.1, 0.15) is 37.2 Å². The van der Waals surface area contributed by atoms with Gasteiger partial charge in [0.25, 0.3) is 11.8 Å². The minimum Gasteiger partial charge on any atom is -0.436 e. The highest BCUT2D eigenvalue weighted by atomic mass is 16.4. The molecule has 0 spiro atoms. The monoisotopic (exact) mass is 661 g/mol. The highest BCUT2D eigenvalue weighted by Crippen LogP contribution is 2.28. The summed E-state index contributed by atoms with van der Waals surface area (Å²) in [6.45, 7) is 3.05. The Hall–Kier alpha value is -6.11. The number of nitrogens with one attached hydrogen (secondary N) is 4. The summed E-state index contributed by atoms with van der Waals surface area (Å²) < 4.78 is 5.95. The molecule has 12 heteroatoms. The van der Waals surface area contributed by atoms with Gasteiger partial charge in [-0.3, -0.25) is 19.2 Å². The summed E-state index contributed by atoms with van der Waals surface area (Å²) in [6, 6.07) is 28.8. The smallest absolute Gasteiger partial charge is 0.254 e. The third kappa shape index (κ3) is 8.83. The third-order valence-electron chi connectivity index (χ3n) is 7.57. The van der Waals surface area contributed by atoms with E-state index in [2.05, 4.69) is 26.3 Å². The van der Waals surface area contributed by atoms with Crippen LogP contribution in [0.3, 0.4) is 0 Å². The molecule has 6 N–H and O–H groups in total. The molecule has 0 radical (unpaired) electrons. The number of nitrogens with zero attached hydrogens (tertiary/aromatic N) is 1. The molecule has 0 fully saturated rings. The van der Waals surface area contributed by atoms with Crippen molar-refractivity contribution in [3.05, 3.63) is 127 Å². The zero-order valence-corrected chi connectivity index (χ0v) is 26.7. The first-order chi connectivity index (χ1) is 23.6. The molecule has 12 nitrogen and oxygen atoms in total. The molecule has 0 aliphatic carbocycles. The molecule has 0 aliphatic heterocycles. The SMILES string of the molecule is CC(NC(=O)[C@@H](O)c1ccccc1)C(=O)Nc1ccc(-c2cnc(-c3ccc(NC(=O)C(C)NC(=O)[C@@H](O)c4ccccc4)cc3)o2)cc1. The van der Waals surface area contributed by atoms with Crippen LogP contribution in [-0.4, -0.2) is 50.9 Å². The van der Waals surface area contributed by atoms with Gasteiger partial charge in [-0.15, -0.1) is 0 Å². The quantitative estimate of drug-likeness (QED) is 0.114. The Morgan fingerprint density at radius 3 is 1.41 bits per heavy atom. The molecule has 1 aromatic heterocycles. The number of rotatable bonds is 12. The highest BCUT2D eigenvalue weighted by Gasteiger charge is 2.23. The van der Waals surface area contributed by atoms with Crippen molar-refractivity contribution in [1.82, 2.24) is 15.6 Å². The van der Waals surface area contributed by atoms with E-state index in [-0.39, 0.29) is 0 Å². The largest absolute Gasteiger partial charge is 0.436 e. The van der Waals surface area contributed by atoms with Crippen molar-refractivity contribution in [1.29, 1.82) is 0 Å². The molecule has 4 amide bonds. The molecule has 0 aliphatic rings. The molecular formula is C37H35N5O7. The molecule has 1 heterocycles. The molecule has 250 valence electrons. The normalized spacial score (nSPS) is 13.3. The maximum Gasteiger partial charge on any atom is 0.254 e. The van der Waals surface area contributed by atoms with Gasteiger partial charge in [-0.2, -0.15) is 0 Å². The lowest BCUT2D eigenvalue weighted by molar-refractivity contribution is -0.132. The fourth-order valence-corrected chi connectivity index (χ4v) is 4.75. The number of aliphatic hydroxyl groups excluding tert-OH is 2. The summed E-state index contributed by atoms with van der Waals surface area (Å²) in [5.41, 5.74) is 3.21. The standard InChI is InChI=1S/C37H35N5O7/c1-22(39-35(47)31(43)25-9-5-3-6-10-25)33(45)41-28-17-13-24(14-18-28)30-21-38-37(49-30)27-15-19-29(20-16-27)42-34(46)23(2)40-36(48)32(44)26-11-7-4-8-12-26/h3-23,31-32,43-44H,1-2H3,(H,39,47)(H,40,48)(H,41,45)(H,42,46)/t22?,23?,31-,32-/m0/s1. The molecule has 4 aromatic carbocycles. The number of carbonyl (C=O) groups excluding carboxylic acids is 4. The molecule has 49 heavy (non-hydrogen) atoms. The number of oxazole rings is 1. The van der Waals surface area contributed by atoms with Crippen LogP contribution in [0.2, 0.25) is 0 Å². The summed E-state index contributed by atoms with van der Waals surface area (Å²) in [4.78, 5) is 54.5. The minimum absolute atomic E-state index is 0.350. The average molecular weight is 662 g/mol. The number of amides is 4. The van der Waals surface area contributed by atoms with Gasteiger partial charge in [0.2, 0.25) is 17.7 Å². The van der Waals surface area contributed by atoms with Crippen LogP contribution in [0.5, 0.6) is 0 Å². The van der Waals surface area contributed by atoms with Crippen molar-refractivity contribution in [2.45, 2.75) is 38.1 Å². The van der Waals surface area contributed by atoms with E-state index >= 15 is 0 Å². The summed E-state index contributed by atoms with van der Waals surface area (Å²) in [5.74, 6) is -1.43. The first-order valence-corrected chi connectivity index (χ1v) is 15.4. The van der Waals surface area contributed by atoms with Crippen molar-refractivity contribution in [2.75, 3.05) is 10.6 Å². The van der Waals surface area contributed by atoms with Gasteiger partial charge < -0.3 is 35.9 Å². The van der Waals surface area contributed by atoms with Crippen LogP contribution in [0.25, 0.3) is 22.8 Å². The third-order valence-corrected chi connectivity index (χ3v) is 7.57. The number of anilines is 2. The van der Waals surface area contributed by atoms with Crippen LogP contribution >= 0.6 is 0 Å². The predicted molar refractivity (Wildman–Crippen MR) is 183 cm³/mol. The first kappa shape index (κ1) is 34.2. The second kappa shape index (κ2) is 15.7. The molecule has 0 saturated carbocycles. The fraction of sp³-hybridized carbons (Fsp3) is 0.162. The van der Waals surface area contributed by atoms with Crippen molar-refractivity contribution in [2.24, 2.45) is 0 Å². The van der Waals surface area contributed by atoms with Gasteiger partial charge in [0.05, 0.1) is 6.20 Å². The van der Waals surface area contributed by atoms with Gasteiger partial charge in [-0.05, 0) is 73.5 Å². The van der Waals surface area contributed by atoms with Gasteiger partial charge in [0.1, 0.15) is 12.1 Å². The van der Waals surface area contributed by atoms with E-state index in [9.17, 15) is 29.4 Å². The van der Waals surface area contributed by atoms with Crippen LogP contribution in [0.15, 0.2) is 120 Å². The second-order valence-corrected chi connectivity index (χ2v) is 11.2. The fourth-order valence-electron chi connectivity index (χ4n) is 4.75. The van der Waals surface area contributed by atoms with Crippen LogP contribution in [0.4, 0.5) is 11.4 Å². The van der Waals surface area contributed by atoms with Crippen molar-refractivity contribution < 1.29 is 33.8 Å². The van der Waals surface area contributed by atoms with Gasteiger partial charge in [0.15, 0.2) is 18.0 Å². The van der Waals surface area contributed by atoms with E-state index in [1.165, 1.54) is 13.8 Å². The van der Waals surface area contributed by atoms with Gasteiger partial charge in [-0.1, -0.05) is 60.7 Å². The molecular weight excluding hydrogens is 626 g/mol. The number of aliphatic hydroxyl groups is 2. The summed E-state index contributed by atoms with van der Waals surface area (Å²) in [6.07, 6.45) is -1.21. The van der Waals surface area contributed by atoms with Crippen molar-refractivity contribution in [3.8, 4) is 22.8 Å². The van der Waals surface area contributed by atoms with E-state index in [0.717, 1.165) is 0 Å². The van der Waals surface area contributed by atoms with Gasteiger partial charge in [-0.25, -0.2) is 4.98 Å². The Kier molecular flexibility index (Phi) is 10.9. The number of hydrogen-bond acceptors (Lipinski definition) is 8. The summed E-state index contributed by atoms with van der Waals surface area (Å²) in [5, 5.41) is 31.0. The Balaban J connectivity index is 1.12. The number of carbonyl (C=O) groups is 4. The predicted octanol–water partition coefficient (Wildman–Crippen LogP) is 4.36. The number of aromatic nitrogens is 1. The number of hydrogen-bond donors (Lipinski definition) is 6. The average Bonchev–Trinajstić information content (AvgIpc) is 3.62. The minimum atomic E-state index is -1.39. The molecule has 5 aromatic rings. The second-order valence-electron chi connectivity index (χ2n) is 11.2. The molecule has 4 atom stereocenters. The lowest BCUT2D eigenvalue weighted by Crippen LogP contribution is -2.43.